The third kappa shape index (κ3) is 6.47. The molecule has 14 heteroatoms. The molecular weight excluding hydrogens is 580 g/mol. The van der Waals surface area contributed by atoms with Gasteiger partial charge in [-0.05, 0) is 33.7 Å². The van der Waals surface area contributed by atoms with Crippen molar-refractivity contribution >= 4 is 46.2 Å². The van der Waals surface area contributed by atoms with Gasteiger partial charge in [-0.15, -0.1) is 0 Å². The van der Waals surface area contributed by atoms with Crippen LogP contribution >= 0.6 is 11.6 Å². The number of rotatable bonds is 7. The molecule has 13 nitrogen and oxygen atoms in total. The molecule has 3 aromatic rings. The predicted molar refractivity (Wildman–Crippen MR) is 158 cm³/mol. The number of benzene rings is 1. The minimum absolute atomic E-state index is 0.150. The Morgan fingerprint density at radius 3 is 2.65 bits per heavy atom. The summed E-state index contributed by atoms with van der Waals surface area (Å²) in [6, 6.07) is 5.00. The molecule has 43 heavy (non-hydrogen) atoms. The Morgan fingerprint density at radius 1 is 1.14 bits per heavy atom. The molecular formula is C29H35ClN6O7. The molecule has 1 saturated heterocycles. The van der Waals surface area contributed by atoms with Gasteiger partial charge in [-0.2, -0.15) is 5.10 Å². The highest BCUT2D eigenvalue weighted by Crippen LogP contribution is 2.41. The van der Waals surface area contributed by atoms with Crippen molar-refractivity contribution in [3.63, 3.8) is 0 Å². The van der Waals surface area contributed by atoms with Crippen LogP contribution in [-0.2, 0) is 14.3 Å². The van der Waals surface area contributed by atoms with Gasteiger partial charge in [0.15, 0.2) is 5.69 Å². The minimum atomic E-state index is -0.669. The van der Waals surface area contributed by atoms with Crippen LogP contribution in [0.3, 0.4) is 0 Å². The second-order valence-corrected chi connectivity index (χ2v) is 11.7. The summed E-state index contributed by atoms with van der Waals surface area (Å²) in [5, 5.41) is 8.28. The van der Waals surface area contributed by atoms with Crippen molar-refractivity contribution < 1.29 is 33.3 Å². The van der Waals surface area contributed by atoms with Crippen LogP contribution in [0.5, 0.6) is 11.5 Å². The number of pyridine rings is 1. The third-order valence-corrected chi connectivity index (χ3v) is 7.44. The number of amides is 2. The highest BCUT2D eigenvalue weighted by atomic mass is 35.5. The van der Waals surface area contributed by atoms with Crippen molar-refractivity contribution in [1.82, 2.24) is 25.0 Å². The molecule has 0 spiro atoms. The number of likely N-dealkylation sites (tertiary alicyclic amines) is 1. The Balaban J connectivity index is 1.42. The number of carbonyl (C=O) groups is 3. The van der Waals surface area contributed by atoms with E-state index in [-0.39, 0.29) is 35.2 Å². The molecule has 0 bridgehead atoms. The Kier molecular flexibility index (Phi) is 8.65. The van der Waals surface area contributed by atoms with E-state index in [9.17, 15) is 14.4 Å². The fourth-order valence-corrected chi connectivity index (χ4v) is 5.36. The lowest BCUT2D eigenvalue weighted by atomic mass is 10.1. The van der Waals surface area contributed by atoms with Crippen molar-refractivity contribution in [1.29, 1.82) is 0 Å². The Labute approximate surface area is 254 Å². The van der Waals surface area contributed by atoms with E-state index in [2.05, 4.69) is 20.3 Å². The summed E-state index contributed by atoms with van der Waals surface area (Å²) >= 11 is 6.26. The number of nitrogens with one attached hydrogen (secondary N) is 1. The maximum absolute atomic E-state index is 13.3. The summed E-state index contributed by atoms with van der Waals surface area (Å²) in [6.07, 6.45) is 1.73. The van der Waals surface area contributed by atoms with Gasteiger partial charge in [0.25, 0.3) is 5.91 Å². The summed E-state index contributed by atoms with van der Waals surface area (Å²) < 4.78 is 23.6. The molecule has 1 N–H and O–H groups in total. The number of fused-ring (bicyclic) bond motifs is 2. The van der Waals surface area contributed by atoms with E-state index >= 15 is 0 Å². The fourth-order valence-electron chi connectivity index (χ4n) is 5.21. The lowest BCUT2D eigenvalue weighted by molar-refractivity contribution is -0.144. The van der Waals surface area contributed by atoms with Gasteiger partial charge >= 0.3 is 12.1 Å². The molecule has 2 aliphatic rings. The number of ether oxygens (including phenoxy) is 4. The second kappa shape index (κ2) is 12.3. The first kappa shape index (κ1) is 30.4. The fraction of sp³-hybridized carbons (Fsp3) is 0.483. The van der Waals surface area contributed by atoms with Crippen LogP contribution in [0.2, 0.25) is 5.15 Å². The molecule has 1 fully saturated rings. The predicted octanol–water partition coefficient (Wildman–Crippen LogP) is 3.44. The van der Waals surface area contributed by atoms with E-state index in [1.54, 1.807) is 43.7 Å². The van der Waals surface area contributed by atoms with Crippen LogP contribution in [0.15, 0.2) is 24.4 Å². The van der Waals surface area contributed by atoms with Crippen molar-refractivity contribution in [2.24, 2.45) is 5.92 Å². The van der Waals surface area contributed by atoms with E-state index in [1.807, 2.05) is 0 Å². The maximum Gasteiger partial charge on any atom is 0.415 e. The van der Waals surface area contributed by atoms with Crippen LogP contribution < -0.4 is 19.7 Å². The lowest BCUT2D eigenvalue weighted by Crippen LogP contribution is -2.41. The number of carbonyl (C=O) groups excluding carboxylic acids is 3. The molecule has 2 aliphatic heterocycles. The van der Waals surface area contributed by atoms with Crippen LogP contribution in [-0.4, -0.2) is 96.8 Å². The first-order valence-corrected chi connectivity index (χ1v) is 14.3. The van der Waals surface area contributed by atoms with Crippen LogP contribution in [0.25, 0.3) is 16.6 Å². The third-order valence-electron chi connectivity index (χ3n) is 7.23. The molecule has 2 aromatic heterocycles. The molecule has 2 amide bonds. The Morgan fingerprint density at radius 2 is 1.93 bits per heavy atom. The molecule has 5 rings (SSSR count). The molecule has 1 aromatic carbocycles. The quantitative estimate of drug-likeness (QED) is 0.311. The molecule has 1 atom stereocenters. The number of aromatic nitrogens is 3. The van der Waals surface area contributed by atoms with Gasteiger partial charge in [-0.1, -0.05) is 11.6 Å². The monoisotopic (exact) mass is 614 g/mol. The molecule has 0 radical (unpaired) electrons. The van der Waals surface area contributed by atoms with E-state index in [0.29, 0.717) is 60.0 Å². The van der Waals surface area contributed by atoms with Gasteiger partial charge < -0.3 is 29.2 Å². The SMILES string of the molecule is COC(=O)[C@@H]1CCN(CCNC(=O)c2nn(-c3cc4c(cc3OC)N(C(=O)OC(C)(C)C)CCO4)c3cc(Cl)ncc23)C1. The highest BCUT2D eigenvalue weighted by Gasteiger charge is 2.31. The Hall–Kier alpha value is -4.10. The number of halogens is 1. The number of hydrogen-bond donors (Lipinski definition) is 1. The normalized spacial score (nSPS) is 16.9. The summed E-state index contributed by atoms with van der Waals surface area (Å²) in [4.78, 5) is 45.9. The van der Waals surface area contributed by atoms with Crippen LogP contribution in [0, 0.1) is 5.92 Å². The minimum Gasteiger partial charge on any atom is -0.494 e. The molecule has 0 aliphatic carbocycles. The number of methoxy groups -OCH3 is 2. The zero-order chi connectivity index (χ0) is 30.9. The average Bonchev–Trinajstić information content (AvgIpc) is 3.59. The van der Waals surface area contributed by atoms with E-state index in [1.165, 1.54) is 25.3 Å². The molecule has 230 valence electrons. The van der Waals surface area contributed by atoms with Crippen molar-refractivity contribution in [2.75, 3.05) is 58.5 Å². The topological polar surface area (TPSA) is 137 Å². The summed E-state index contributed by atoms with van der Waals surface area (Å²) in [7, 11) is 2.89. The largest absolute Gasteiger partial charge is 0.494 e. The molecule has 4 heterocycles. The maximum atomic E-state index is 13.3. The molecule has 0 unspecified atom stereocenters. The highest BCUT2D eigenvalue weighted by molar-refractivity contribution is 6.30. The van der Waals surface area contributed by atoms with E-state index < -0.39 is 11.7 Å². The van der Waals surface area contributed by atoms with Crippen molar-refractivity contribution in [3.8, 4) is 17.2 Å². The van der Waals surface area contributed by atoms with Gasteiger partial charge in [-0.3, -0.25) is 14.5 Å². The zero-order valence-electron chi connectivity index (χ0n) is 24.8. The smallest absolute Gasteiger partial charge is 0.415 e. The van der Waals surface area contributed by atoms with E-state index in [0.717, 1.165) is 13.0 Å². The number of anilines is 1. The van der Waals surface area contributed by atoms with Crippen molar-refractivity contribution in [3.05, 3.63) is 35.2 Å². The van der Waals surface area contributed by atoms with Gasteiger partial charge in [-0.25, -0.2) is 14.5 Å². The number of hydrogen-bond acceptors (Lipinski definition) is 10. The van der Waals surface area contributed by atoms with Crippen molar-refractivity contribution in [2.45, 2.75) is 32.8 Å². The summed E-state index contributed by atoms with van der Waals surface area (Å²) in [5.41, 5.74) is 0.988. The van der Waals surface area contributed by atoms with E-state index in [4.69, 9.17) is 30.5 Å². The zero-order valence-corrected chi connectivity index (χ0v) is 25.6. The average molecular weight is 615 g/mol. The molecule has 0 saturated carbocycles. The van der Waals surface area contributed by atoms with Crippen LogP contribution in [0.4, 0.5) is 10.5 Å². The second-order valence-electron chi connectivity index (χ2n) is 11.3. The number of esters is 1. The van der Waals surface area contributed by atoms with Gasteiger partial charge in [0, 0.05) is 44.0 Å². The van der Waals surface area contributed by atoms with Crippen LogP contribution in [0.1, 0.15) is 37.7 Å². The van der Waals surface area contributed by atoms with Gasteiger partial charge in [0.1, 0.15) is 34.5 Å². The first-order chi connectivity index (χ1) is 20.5. The summed E-state index contributed by atoms with van der Waals surface area (Å²) in [6.45, 7) is 8.26. The first-order valence-electron chi connectivity index (χ1n) is 14.0. The number of nitrogens with zero attached hydrogens (tertiary/aromatic N) is 5. The lowest BCUT2D eigenvalue weighted by Gasteiger charge is -2.32. The standard InChI is InChI=1S/C29H35ClN6O7/c1-29(2,3)43-28(39)35-10-11-42-23-13-21(22(40-4)12-20(23)35)36-19-14-24(30)32-15-18(19)25(33-36)26(37)31-7-9-34-8-6-17(16-34)27(38)41-5/h12-15,17H,6-11,16H2,1-5H3,(H,31,37)/t17-/m1/s1. The summed E-state index contributed by atoms with van der Waals surface area (Å²) in [5.74, 6) is 0.0639. The van der Waals surface area contributed by atoms with Gasteiger partial charge in [0.05, 0.1) is 43.3 Å². The Bertz CT molecular complexity index is 1550. The van der Waals surface area contributed by atoms with Gasteiger partial charge in [0.2, 0.25) is 0 Å².